The van der Waals surface area contributed by atoms with Gasteiger partial charge < -0.3 is 15.5 Å². The van der Waals surface area contributed by atoms with E-state index in [1.165, 1.54) is 16.0 Å². The van der Waals surface area contributed by atoms with Crippen molar-refractivity contribution in [3.8, 4) is 11.8 Å². The number of nitrogens with two attached hydrogens (primary N) is 1. The summed E-state index contributed by atoms with van der Waals surface area (Å²) < 4.78 is 0. The Kier molecular flexibility index (Phi) is 7.27. The lowest BCUT2D eigenvalue weighted by atomic mass is 10.1. The highest BCUT2D eigenvalue weighted by Crippen LogP contribution is 2.25. The summed E-state index contributed by atoms with van der Waals surface area (Å²) in [7, 11) is 1.67. The summed E-state index contributed by atoms with van der Waals surface area (Å²) in [4.78, 5) is 42.5. The van der Waals surface area contributed by atoms with Crippen molar-refractivity contribution in [3.05, 3.63) is 47.7 Å². The lowest BCUT2D eigenvalue weighted by Crippen LogP contribution is -2.56. The van der Waals surface area contributed by atoms with E-state index in [0.29, 0.717) is 24.6 Å². The number of urea groups is 1. The molecule has 2 aromatic rings. The zero-order valence-corrected chi connectivity index (χ0v) is 20.3. The van der Waals surface area contributed by atoms with Crippen molar-refractivity contribution >= 4 is 29.2 Å². The second kappa shape index (κ2) is 10.5. The molecular weight excluding hydrogens is 444 g/mol. The van der Waals surface area contributed by atoms with Gasteiger partial charge in [0.2, 0.25) is 5.96 Å². The van der Waals surface area contributed by atoms with Crippen molar-refractivity contribution in [2.24, 2.45) is 10.7 Å². The number of piperidine rings is 1. The predicted octanol–water partition coefficient (Wildman–Crippen LogP) is 1.87. The minimum Gasteiger partial charge on any atom is -0.339 e. The highest BCUT2D eigenvalue weighted by atomic mass is 16.2. The summed E-state index contributed by atoms with van der Waals surface area (Å²) in [6, 6.07) is 7.42. The maximum atomic E-state index is 13.7. The molecule has 1 aromatic heterocycles. The molecule has 1 atom stereocenters. The van der Waals surface area contributed by atoms with Gasteiger partial charge in [-0.1, -0.05) is 24.1 Å². The minimum atomic E-state index is -0.370. The number of benzene rings is 1. The number of aliphatic imine (C=N–C) groups is 1. The zero-order valence-electron chi connectivity index (χ0n) is 20.3. The molecule has 2 aliphatic rings. The fourth-order valence-corrected chi connectivity index (χ4v) is 4.32. The summed E-state index contributed by atoms with van der Waals surface area (Å²) >= 11 is 0. The molecule has 0 radical (unpaired) electrons. The average Bonchev–Trinajstić information content (AvgIpc) is 3.20. The highest BCUT2D eigenvalue weighted by Gasteiger charge is 2.39. The molecule has 0 saturated carbocycles. The number of para-hydroxylation sites is 1. The Labute approximate surface area is 205 Å². The second-order valence-electron chi connectivity index (χ2n) is 8.60. The quantitative estimate of drug-likeness (QED) is 0.409. The van der Waals surface area contributed by atoms with Crippen LogP contribution in [0.4, 0.5) is 4.79 Å². The molecule has 1 aromatic carbocycles. The standard InChI is InChI=1S/C25H30N8O2/c1-4-5-14-32-24(31-13-8-9-19(26)16-31)29-23(12-15-34)33(32)25(35)30(3)17-22-27-18(2)20-10-6-7-11-21(20)28-22/h6-7,10-12,15,19H,8-9,13-14,16-17,26H2,1-3H3/b23-12-. The van der Waals surface area contributed by atoms with Crippen LogP contribution in [0.3, 0.4) is 0 Å². The Balaban J connectivity index is 1.62. The summed E-state index contributed by atoms with van der Waals surface area (Å²) in [5.41, 5.74) is 7.87. The first-order valence-corrected chi connectivity index (χ1v) is 11.6. The average molecular weight is 475 g/mol. The van der Waals surface area contributed by atoms with E-state index < -0.39 is 0 Å². The van der Waals surface area contributed by atoms with Crippen LogP contribution in [0.1, 0.15) is 31.3 Å². The summed E-state index contributed by atoms with van der Waals surface area (Å²) in [6.45, 7) is 5.47. The van der Waals surface area contributed by atoms with Crippen molar-refractivity contribution in [2.75, 3.05) is 26.7 Å². The molecule has 10 nitrogen and oxygen atoms in total. The smallest absolute Gasteiger partial charge is 0.339 e. The van der Waals surface area contributed by atoms with E-state index in [0.717, 1.165) is 36.0 Å². The van der Waals surface area contributed by atoms with Crippen LogP contribution in [-0.4, -0.2) is 80.8 Å². The molecule has 3 heterocycles. The number of hydrogen-bond acceptors (Lipinski definition) is 8. The van der Waals surface area contributed by atoms with Crippen LogP contribution in [0.25, 0.3) is 10.9 Å². The molecule has 2 amide bonds. The summed E-state index contributed by atoms with van der Waals surface area (Å²) in [6.07, 6.45) is 3.77. The highest BCUT2D eigenvalue weighted by molar-refractivity contribution is 5.90. The molecule has 0 bridgehead atoms. The number of hydrazine groups is 1. The Morgan fingerprint density at radius 1 is 1.31 bits per heavy atom. The number of aldehydes is 1. The molecule has 4 rings (SSSR count). The fourth-order valence-electron chi connectivity index (χ4n) is 4.32. The molecular formula is C25H30N8O2. The normalized spacial score (nSPS) is 19.0. The van der Waals surface area contributed by atoms with Gasteiger partial charge in [0.25, 0.3) is 0 Å². The molecule has 1 saturated heterocycles. The number of guanidine groups is 1. The van der Waals surface area contributed by atoms with Gasteiger partial charge in [-0.2, -0.15) is 10.0 Å². The number of likely N-dealkylation sites (tertiary alicyclic amines) is 1. The fraction of sp³-hybridized carbons (Fsp3) is 0.400. The van der Waals surface area contributed by atoms with Crippen molar-refractivity contribution < 1.29 is 9.59 Å². The van der Waals surface area contributed by atoms with Crippen molar-refractivity contribution in [3.63, 3.8) is 0 Å². The van der Waals surface area contributed by atoms with Gasteiger partial charge in [0.1, 0.15) is 18.7 Å². The number of amides is 2. The van der Waals surface area contributed by atoms with Crippen LogP contribution in [0, 0.1) is 18.8 Å². The van der Waals surface area contributed by atoms with Gasteiger partial charge in [-0.25, -0.2) is 19.8 Å². The first kappa shape index (κ1) is 24.2. The van der Waals surface area contributed by atoms with Crippen molar-refractivity contribution in [1.82, 2.24) is 29.8 Å². The van der Waals surface area contributed by atoms with Gasteiger partial charge in [0.15, 0.2) is 5.82 Å². The van der Waals surface area contributed by atoms with Crippen LogP contribution in [0.2, 0.25) is 0 Å². The van der Waals surface area contributed by atoms with Gasteiger partial charge in [0, 0.05) is 43.3 Å². The van der Waals surface area contributed by atoms with E-state index in [4.69, 9.17) is 5.73 Å². The molecule has 0 spiro atoms. The SMILES string of the molecule is CC#CCN1C(N2CCCC(N)C2)=N/C(=C/C=O)N1C(=O)N(C)Cc1nc(C)c2ccccc2n1. The van der Waals surface area contributed by atoms with Crippen molar-refractivity contribution in [1.29, 1.82) is 0 Å². The van der Waals surface area contributed by atoms with Gasteiger partial charge in [0.05, 0.1) is 12.1 Å². The number of aryl methyl sites for hydroxylation is 1. The number of allylic oxidation sites excluding steroid dienone is 1. The third-order valence-corrected chi connectivity index (χ3v) is 5.99. The number of carbonyl (C=O) groups excluding carboxylic acids is 2. The van der Waals surface area contributed by atoms with Crippen LogP contribution >= 0.6 is 0 Å². The molecule has 0 aliphatic carbocycles. The lowest BCUT2D eigenvalue weighted by Gasteiger charge is -2.38. The number of rotatable bonds is 4. The number of carbonyl (C=O) groups is 2. The van der Waals surface area contributed by atoms with Crippen molar-refractivity contribution in [2.45, 2.75) is 39.3 Å². The Morgan fingerprint density at radius 3 is 2.86 bits per heavy atom. The zero-order chi connectivity index (χ0) is 24.9. The first-order valence-electron chi connectivity index (χ1n) is 11.6. The summed E-state index contributed by atoms with van der Waals surface area (Å²) in [5.74, 6) is 7.22. The maximum Gasteiger partial charge on any atom is 0.345 e. The topological polar surface area (TPSA) is 111 Å². The van der Waals surface area contributed by atoms with Crippen LogP contribution < -0.4 is 5.73 Å². The number of aromatic nitrogens is 2. The monoisotopic (exact) mass is 474 g/mol. The number of hydrogen-bond donors (Lipinski definition) is 1. The van der Waals surface area contributed by atoms with Gasteiger partial charge in [-0.15, -0.1) is 5.92 Å². The third-order valence-electron chi connectivity index (χ3n) is 5.99. The minimum absolute atomic E-state index is 0.0183. The van der Waals surface area contributed by atoms with E-state index in [9.17, 15) is 9.59 Å². The molecule has 1 fully saturated rings. The Bertz CT molecular complexity index is 1240. The summed E-state index contributed by atoms with van der Waals surface area (Å²) in [5, 5.41) is 4.07. The molecule has 2 N–H and O–H groups in total. The molecule has 182 valence electrons. The van der Waals surface area contributed by atoms with E-state index in [1.54, 1.807) is 19.0 Å². The maximum absolute atomic E-state index is 13.7. The molecule has 10 heteroatoms. The van der Waals surface area contributed by atoms with E-state index in [-0.39, 0.29) is 31.0 Å². The van der Waals surface area contributed by atoms with Gasteiger partial charge in [-0.3, -0.25) is 4.79 Å². The molecule has 35 heavy (non-hydrogen) atoms. The molecule has 2 aliphatic heterocycles. The van der Waals surface area contributed by atoms with Gasteiger partial charge in [-0.05, 0) is 32.8 Å². The second-order valence-corrected chi connectivity index (χ2v) is 8.60. The Hall–Kier alpha value is -3.97. The van der Waals surface area contributed by atoms with Gasteiger partial charge >= 0.3 is 6.03 Å². The van der Waals surface area contributed by atoms with Crippen LogP contribution in [0.5, 0.6) is 0 Å². The van der Waals surface area contributed by atoms with Crippen LogP contribution in [0.15, 0.2) is 41.2 Å². The van der Waals surface area contributed by atoms with E-state index in [2.05, 4.69) is 26.8 Å². The number of nitrogens with zero attached hydrogens (tertiary/aromatic N) is 7. The first-order chi connectivity index (χ1) is 16.9. The Morgan fingerprint density at radius 2 is 2.11 bits per heavy atom. The third kappa shape index (κ3) is 5.10. The lowest BCUT2D eigenvalue weighted by molar-refractivity contribution is -0.104. The molecule has 1 unspecified atom stereocenters. The van der Waals surface area contributed by atoms with E-state index >= 15 is 0 Å². The largest absolute Gasteiger partial charge is 0.345 e. The number of fused-ring (bicyclic) bond motifs is 1. The van der Waals surface area contributed by atoms with E-state index in [1.807, 2.05) is 36.1 Å². The predicted molar refractivity (Wildman–Crippen MR) is 133 cm³/mol. The van der Waals surface area contributed by atoms with Crippen LogP contribution in [-0.2, 0) is 11.3 Å².